The van der Waals surface area contributed by atoms with Crippen LogP contribution in [-0.4, -0.2) is 34.4 Å². The molecule has 0 bridgehead atoms. The highest BCUT2D eigenvalue weighted by Gasteiger charge is 2.38. The first-order chi connectivity index (χ1) is 14.1. The molecule has 2 aromatic rings. The lowest BCUT2D eigenvalue weighted by Crippen LogP contribution is -2.36. The lowest BCUT2D eigenvalue weighted by molar-refractivity contribution is -0.137. The fraction of sp³-hybridized carbons (Fsp3) is 0.409. The van der Waals surface area contributed by atoms with Gasteiger partial charge in [0.2, 0.25) is 0 Å². The number of pyridine rings is 1. The fourth-order valence-corrected chi connectivity index (χ4v) is 3.38. The highest BCUT2D eigenvalue weighted by atomic mass is 19.4. The number of aromatic nitrogens is 1. The van der Waals surface area contributed by atoms with Gasteiger partial charge in [0.25, 0.3) is 5.91 Å². The second-order valence-electron chi connectivity index (χ2n) is 7.29. The van der Waals surface area contributed by atoms with Crippen molar-refractivity contribution in [2.75, 3.05) is 6.61 Å². The number of nitrogens with zero attached hydrogens (tertiary/aromatic N) is 2. The quantitative estimate of drug-likeness (QED) is 0.621. The zero-order valence-electron chi connectivity index (χ0n) is 17.0. The molecular formula is C22H23F3N2O3. The molecule has 5 nitrogen and oxygen atoms in total. The lowest BCUT2D eigenvalue weighted by Gasteiger charge is -2.30. The standard InChI is InChI=1S/C22H23F3N2O3/c1-4-30-21(29)18-10-11-19(26-13(18)2)20(28)27(17-8-9-17)14(3)15-6-5-7-16(12-15)22(23,24)25/h5-7,10-12,14,17H,4,8-9H2,1-3H3. The fourth-order valence-electron chi connectivity index (χ4n) is 3.38. The molecule has 1 aromatic heterocycles. The van der Waals surface area contributed by atoms with Gasteiger partial charge in [-0.05, 0) is 63.4 Å². The maximum Gasteiger partial charge on any atom is 0.416 e. The number of carbonyl (C=O) groups is 2. The van der Waals surface area contributed by atoms with Gasteiger partial charge in [0.1, 0.15) is 5.69 Å². The Balaban J connectivity index is 1.89. The molecule has 1 aliphatic rings. The molecule has 1 aliphatic carbocycles. The Morgan fingerprint density at radius 2 is 1.93 bits per heavy atom. The number of esters is 1. The molecule has 0 radical (unpaired) electrons. The van der Waals surface area contributed by atoms with Crippen molar-refractivity contribution in [3.05, 3.63) is 64.5 Å². The van der Waals surface area contributed by atoms with Gasteiger partial charge in [-0.25, -0.2) is 9.78 Å². The van der Waals surface area contributed by atoms with E-state index in [1.165, 1.54) is 18.2 Å². The van der Waals surface area contributed by atoms with Gasteiger partial charge in [-0.1, -0.05) is 12.1 Å². The van der Waals surface area contributed by atoms with Crippen molar-refractivity contribution in [2.24, 2.45) is 0 Å². The summed E-state index contributed by atoms with van der Waals surface area (Å²) >= 11 is 0. The van der Waals surface area contributed by atoms with Crippen molar-refractivity contribution in [3.63, 3.8) is 0 Å². The SMILES string of the molecule is CCOC(=O)c1ccc(C(=O)N(C2CC2)C(C)c2cccc(C(F)(F)F)c2)nc1C. The predicted molar refractivity (Wildman–Crippen MR) is 104 cm³/mol. The molecular weight excluding hydrogens is 397 g/mol. The van der Waals surface area contributed by atoms with E-state index in [9.17, 15) is 22.8 Å². The molecule has 1 unspecified atom stereocenters. The monoisotopic (exact) mass is 420 g/mol. The average molecular weight is 420 g/mol. The summed E-state index contributed by atoms with van der Waals surface area (Å²) < 4.78 is 44.3. The van der Waals surface area contributed by atoms with E-state index in [1.54, 1.807) is 31.7 Å². The molecule has 1 aromatic carbocycles. The zero-order valence-corrected chi connectivity index (χ0v) is 17.0. The van der Waals surface area contributed by atoms with Crippen molar-refractivity contribution in [3.8, 4) is 0 Å². The Labute approximate surface area is 172 Å². The second kappa shape index (κ2) is 8.45. The van der Waals surface area contributed by atoms with Gasteiger partial charge in [-0.3, -0.25) is 4.79 Å². The number of hydrogen-bond acceptors (Lipinski definition) is 4. The van der Waals surface area contributed by atoms with Gasteiger partial charge in [0, 0.05) is 6.04 Å². The minimum absolute atomic E-state index is 0.0473. The van der Waals surface area contributed by atoms with Crippen molar-refractivity contribution in [1.29, 1.82) is 0 Å². The summed E-state index contributed by atoms with van der Waals surface area (Å²) in [5.41, 5.74) is 0.443. The Kier molecular flexibility index (Phi) is 6.14. The highest BCUT2D eigenvalue weighted by molar-refractivity contribution is 5.95. The largest absolute Gasteiger partial charge is 0.462 e. The van der Waals surface area contributed by atoms with E-state index >= 15 is 0 Å². The summed E-state index contributed by atoms with van der Waals surface area (Å²) in [4.78, 5) is 31.0. The normalized spacial score (nSPS) is 14.9. The molecule has 8 heteroatoms. The third kappa shape index (κ3) is 4.63. The Morgan fingerprint density at radius 1 is 1.23 bits per heavy atom. The second-order valence-corrected chi connectivity index (χ2v) is 7.29. The molecule has 0 aliphatic heterocycles. The third-order valence-electron chi connectivity index (χ3n) is 5.09. The Bertz CT molecular complexity index is 955. The van der Waals surface area contributed by atoms with Gasteiger partial charge < -0.3 is 9.64 Å². The number of hydrogen-bond donors (Lipinski definition) is 0. The molecule has 30 heavy (non-hydrogen) atoms. The number of alkyl halides is 3. The summed E-state index contributed by atoms with van der Waals surface area (Å²) in [6.07, 6.45) is -2.88. The van der Waals surface area contributed by atoms with Crippen LogP contribution in [0, 0.1) is 6.92 Å². The van der Waals surface area contributed by atoms with E-state index in [0.717, 1.165) is 25.0 Å². The van der Waals surface area contributed by atoms with Crippen molar-refractivity contribution >= 4 is 11.9 Å². The number of carbonyl (C=O) groups excluding carboxylic acids is 2. The maximum atomic E-state index is 13.2. The molecule has 1 heterocycles. The highest BCUT2D eigenvalue weighted by Crippen LogP contribution is 2.37. The van der Waals surface area contributed by atoms with Gasteiger partial charge in [0.15, 0.2) is 0 Å². The first kappa shape index (κ1) is 21.8. The smallest absolute Gasteiger partial charge is 0.416 e. The van der Waals surface area contributed by atoms with E-state index in [2.05, 4.69) is 4.98 Å². The van der Waals surface area contributed by atoms with Crippen LogP contribution in [0.4, 0.5) is 13.2 Å². The molecule has 1 fully saturated rings. The number of ether oxygens (including phenoxy) is 1. The summed E-state index contributed by atoms with van der Waals surface area (Å²) in [5.74, 6) is -0.890. The molecule has 0 spiro atoms. The molecule has 1 saturated carbocycles. The summed E-state index contributed by atoms with van der Waals surface area (Å²) in [6.45, 7) is 5.25. The first-order valence-corrected chi connectivity index (χ1v) is 9.78. The van der Waals surface area contributed by atoms with Crippen LogP contribution in [0.1, 0.15) is 70.4 Å². The minimum atomic E-state index is -4.45. The molecule has 1 atom stereocenters. The van der Waals surface area contributed by atoms with Crippen LogP contribution in [-0.2, 0) is 10.9 Å². The van der Waals surface area contributed by atoms with E-state index in [1.807, 2.05) is 0 Å². The Morgan fingerprint density at radius 3 is 2.50 bits per heavy atom. The van der Waals surface area contributed by atoms with Crippen molar-refractivity contribution in [1.82, 2.24) is 9.88 Å². The van der Waals surface area contributed by atoms with Crippen molar-refractivity contribution < 1.29 is 27.5 Å². The van der Waals surface area contributed by atoms with Gasteiger partial charge in [0.05, 0.1) is 29.5 Å². The molecule has 1 amide bonds. The Hall–Kier alpha value is -2.90. The molecule has 0 N–H and O–H groups in total. The third-order valence-corrected chi connectivity index (χ3v) is 5.09. The molecule has 3 rings (SSSR count). The molecule has 160 valence electrons. The summed E-state index contributed by atoms with van der Waals surface area (Å²) in [6, 6.07) is 7.37. The van der Waals surface area contributed by atoms with Gasteiger partial charge in [-0.2, -0.15) is 13.2 Å². The van der Waals surface area contributed by atoms with E-state index in [0.29, 0.717) is 11.3 Å². The van der Waals surface area contributed by atoms with E-state index in [4.69, 9.17) is 4.74 Å². The minimum Gasteiger partial charge on any atom is -0.462 e. The first-order valence-electron chi connectivity index (χ1n) is 9.78. The van der Waals surface area contributed by atoms with Crippen LogP contribution >= 0.6 is 0 Å². The maximum absolute atomic E-state index is 13.2. The average Bonchev–Trinajstić information content (AvgIpc) is 3.52. The van der Waals surface area contributed by atoms with E-state index < -0.39 is 23.8 Å². The van der Waals surface area contributed by atoms with Crippen molar-refractivity contribution in [2.45, 2.75) is 51.9 Å². The van der Waals surface area contributed by atoms with Gasteiger partial charge in [-0.15, -0.1) is 0 Å². The summed E-state index contributed by atoms with van der Waals surface area (Å²) in [5, 5.41) is 0. The van der Waals surface area contributed by atoms with Crippen LogP contribution < -0.4 is 0 Å². The van der Waals surface area contributed by atoms with Crippen LogP contribution in [0.5, 0.6) is 0 Å². The topological polar surface area (TPSA) is 59.5 Å². The number of benzene rings is 1. The van der Waals surface area contributed by atoms with Crippen LogP contribution in [0.25, 0.3) is 0 Å². The number of amides is 1. The number of halogens is 3. The zero-order chi connectivity index (χ0) is 22.1. The number of rotatable bonds is 6. The predicted octanol–water partition coefficient (Wildman–Crippen LogP) is 4.95. The summed E-state index contributed by atoms with van der Waals surface area (Å²) in [7, 11) is 0. The molecule has 0 saturated heterocycles. The van der Waals surface area contributed by atoms with Crippen LogP contribution in [0.3, 0.4) is 0 Å². The number of aryl methyl sites for hydroxylation is 1. The van der Waals surface area contributed by atoms with Crippen LogP contribution in [0.15, 0.2) is 36.4 Å². The lowest BCUT2D eigenvalue weighted by atomic mass is 10.0. The van der Waals surface area contributed by atoms with Crippen LogP contribution in [0.2, 0.25) is 0 Å². The van der Waals surface area contributed by atoms with E-state index in [-0.39, 0.29) is 29.8 Å². The van der Waals surface area contributed by atoms with Gasteiger partial charge >= 0.3 is 12.1 Å².